The molecule has 0 aromatic heterocycles. The average molecular weight is 261 g/mol. The van der Waals surface area contributed by atoms with Crippen molar-refractivity contribution in [1.29, 1.82) is 0 Å². The van der Waals surface area contributed by atoms with Crippen LogP contribution in [0.2, 0.25) is 0 Å². The van der Waals surface area contributed by atoms with E-state index in [1.54, 1.807) is 6.07 Å². The highest BCUT2D eigenvalue weighted by molar-refractivity contribution is 5.33. The summed E-state index contributed by atoms with van der Waals surface area (Å²) in [5.41, 5.74) is 4.98. The smallest absolute Gasteiger partial charge is 0.406 e. The van der Waals surface area contributed by atoms with Crippen LogP contribution in [-0.2, 0) is 5.60 Å². The van der Waals surface area contributed by atoms with Crippen LogP contribution in [0.15, 0.2) is 24.3 Å². The Balaban J connectivity index is 2.22. The SMILES string of the molecule is NC1CCC(O)(c2cccc(OC(F)(F)F)c2)C1. The van der Waals surface area contributed by atoms with Gasteiger partial charge in [-0.2, -0.15) is 0 Å². The van der Waals surface area contributed by atoms with Crippen molar-refractivity contribution in [2.24, 2.45) is 5.73 Å². The number of nitrogens with two attached hydrogens (primary N) is 1. The molecule has 1 aliphatic rings. The van der Waals surface area contributed by atoms with Crippen molar-refractivity contribution in [3.8, 4) is 5.75 Å². The maximum absolute atomic E-state index is 12.1. The van der Waals surface area contributed by atoms with Gasteiger partial charge in [0.15, 0.2) is 0 Å². The van der Waals surface area contributed by atoms with Crippen LogP contribution in [0.5, 0.6) is 5.75 Å². The molecule has 6 heteroatoms. The minimum atomic E-state index is -4.73. The number of aliphatic hydroxyl groups is 1. The molecule has 0 amide bonds. The van der Waals surface area contributed by atoms with Gasteiger partial charge in [0.25, 0.3) is 0 Å². The van der Waals surface area contributed by atoms with E-state index in [4.69, 9.17) is 5.73 Å². The molecular formula is C12H14F3NO2. The molecule has 3 nitrogen and oxygen atoms in total. The molecule has 0 aliphatic heterocycles. The largest absolute Gasteiger partial charge is 0.573 e. The quantitative estimate of drug-likeness (QED) is 0.858. The normalized spacial score (nSPS) is 28.4. The predicted octanol–water partition coefficient (Wildman–Crippen LogP) is 2.28. The second kappa shape index (κ2) is 4.44. The predicted molar refractivity (Wildman–Crippen MR) is 58.8 cm³/mol. The van der Waals surface area contributed by atoms with Crippen molar-refractivity contribution < 1.29 is 23.0 Å². The first-order chi connectivity index (χ1) is 8.28. The van der Waals surface area contributed by atoms with E-state index >= 15 is 0 Å². The highest BCUT2D eigenvalue weighted by Crippen LogP contribution is 2.39. The Hall–Kier alpha value is -1.27. The van der Waals surface area contributed by atoms with E-state index in [2.05, 4.69) is 4.74 Å². The van der Waals surface area contributed by atoms with Crippen LogP contribution in [0, 0.1) is 0 Å². The zero-order valence-corrected chi connectivity index (χ0v) is 9.57. The molecule has 18 heavy (non-hydrogen) atoms. The number of halogens is 3. The first-order valence-electron chi connectivity index (χ1n) is 5.63. The van der Waals surface area contributed by atoms with Gasteiger partial charge in [-0.15, -0.1) is 13.2 Å². The number of ether oxygens (including phenoxy) is 1. The topological polar surface area (TPSA) is 55.5 Å². The highest BCUT2D eigenvalue weighted by atomic mass is 19.4. The van der Waals surface area contributed by atoms with Gasteiger partial charge in [-0.05, 0) is 37.0 Å². The summed E-state index contributed by atoms with van der Waals surface area (Å²) in [6.45, 7) is 0. The molecule has 2 atom stereocenters. The van der Waals surface area contributed by atoms with Gasteiger partial charge in [0.05, 0.1) is 5.60 Å². The Labute approximate surface area is 102 Å². The van der Waals surface area contributed by atoms with Crippen LogP contribution in [-0.4, -0.2) is 17.5 Å². The Morgan fingerprint density at radius 1 is 1.39 bits per heavy atom. The van der Waals surface area contributed by atoms with Gasteiger partial charge >= 0.3 is 6.36 Å². The van der Waals surface area contributed by atoms with Crippen molar-refractivity contribution in [3.63, 3.8) is 0 Å². The minimum absolute atomic E-state index is 0.123. The van der Waals surface area contributed by atoms with Gasteiger partial charge in [-0.1, -0.05) is 12.1 Å². The standard InChI is InChI=1S/C12H14F3NO2/c13-12(14,15)18-10-3-1-2-8(6-10)11(17)5-4-9(16)7-11/h1-3,6,9,17H,4-5,7,16H2. The summed E-state index contributed by atoms with van der Waals surface area (Å²) < 4.78 is 40.1. The van der Waals surface area contributed by atoms with Crippen molar-refractivity contribution in [3.05, 3.63) is 29.8 Å². The Morgan fingerprint density at radius 2 is 2.11 bits per heavy atom. The van der Waals surface area contributed by atoms with Crippen LogP contribution in [0.3, 0.4) is 0 Å². The van der Waals surface area contributed by atoms with Crippen LogP contribution < -0.4 is 10.5 Å². The summed E-state index contributed by atoms with van der Waals surface area (Å²) >= 11 is 0. The lowest BCUT2D eigenvalue weighted by Gasteiger charge is -2.23. The van der Waals surface area contributed by atoms with Gasteiger partial charge < -0.3 is 15.6 Å². The number of hydrogen-bond donors (Lipinski definition) is 2. The molecule has 3 N–H and O–H groups in total. The summed E-state index contributed by atoms with van der Waals surface area (Å²) in [5, 5.41) is 10.3. The summed E-state index contributed by atoms with van der Waals surface area (Å²) in [6, 6.07) is 5.31. The van der Waals surface area contributed by atoms with Crippen LogP contribution in [0.1, 0.15) is 24.8 Å². The lowest BCUT2D eigenvalue weighted by atomic mass is 9.92. The zero-order valence-electron chi connectivity index (χ0n) is 9.57. The lowest BCUT2D eigenvalue weighted by molar-refractivity contribution is -0.274. The second-order valence-electron chi connectivity index (χ2n) is 4.61. The van der Waals surface area contributed by atoms with E-state index in [0.29, 0.717) is 24.8 Å². The van der Waals surface area contributed by atoms with Crippen molar-refractivity contribution in [2.45, 2.75) is 37.3 Å². The first kappa shape index (κ1) is 13.2. The molecule has 100 valence electrons. The molecule has 1 saturated carbocycles. The molecule has 0 heterocycles. The molecule has 1 aliphatic carbocycles. The van der Waals surface area contributed by atoms with Gasteiger partial charge in [0, 0.05) is 6.04 Å². The number of hydrogen-bond acceptors (Lipinski definition) is 3. The Morgan fingerprint density at radius 3 is 2.67 bits per heavy atom. The van der Waals surface area contributed by atoms with Gasteiger partial charge in [0.1, 0.15) is 5.75 Å². The maximum atomic E-state index is 12.1. The van der Waals surface area contributed by atoms with E-state index in [0.717, 1.165) is 0 Å². The minimum Gasteiger partial charge on any atom is -0.406 e. The molecule has 0 radical (unpaired) electrons. The number of benzene rings is 1. The lowest BCUT2D eigenvalue weighted by Crippen LogP contribution is -2.25. The van der Waals surface area contributed by atoms with Gasteiger partial charge in [0.2, 0.25) is 0 Å². The van der Waals surface area contributed by atoms with E-state index in [-0.39, 0.29) is 11.8 Å². The Kier molecular flexibility index (Phi) is 3.25. The van der Waals surface area contributed by atoms with E-state index < -0.39 is 12.0 Å². The van der Waals surface area contributed by atoms with Gasteiger partial charge in [-0.3, -0.25) is 0 Å². The molecule has 1 aromatic carbocycles. The molecule has 2 unspecified atom stereocenters. The fourth-order valence-corrected chi connectivity index (χ4v) is 2.31. The van der Waals surface area contributed by atoms with Crippen LogP contribution in [0.4, 0.5) is 13.2 Å². The van der Waals surface area contributed by atoms with Gasteiger partial charge in [-0.25, -0.2) is 0 Å². The van der Waals surface area contributed by atoms with E-state index in [9.17, 15) is 18.3 Å². The summed E-state index contributed by atoms with van der Waals surface area (Å²) in [5.74, 6) is -0.325. The van der Waals surface area contributed by atoms with Crippen molar-refractivity contribution in [2.75, 3.05) is 0 Å². The highest BCUT2D eigenvalue weighted by Gasteiger charge is 2.38. The third-order valence-corrected chi connectivity index (χ3v) is 3.13. The second-order valence-corrected chi connectivity index (χ2v) is 4.61. The number of alkyl halides is 3. The first-order valence-corrected chi connectivity index (χ1v) is 5.63. The van der Waals surface area contributed by atoms with Crippen molar-refractivity contribution in [1.82, 2.24) is 0 Å². The molecule has 0 spiro atoms. The zero-order chi connectivity index (χ0) is 13.4. The van der Waals surface area contributed by atoms with E-state index in [1.807, 2.05) is 0 Å². The fraction of sp³-hybridized carbons (Fsp3) is 0.500. The van der Waals surface area contributed by atoms with Crippen molar-refractivity contribution >= 4 is 0 Å². The molecular weight excluding hydrogens is 247 g/mol. The summed E-state index contributed by atoms with van der Waals surface area (Å²) in [7, 11) is 0. The summed E-state index contributed by atoms with van der Waals surface area (Å²) in [6.07, 6.45) is -3.28. The van der Waals surface area contributed by atoms with E-state index in [1.165, 1.54) is 18.2 Å². The third-order valence-electron chi connectivity index (χ3n) is 3.13. The molecule has 1 aromatic rings. The Bertz CT molecular complexity index is 436. The molecule has 0 saturated heterocycles. The third kappa shape index (κ3) is 2.94. The molecule has 0 bridgehead atoms. The van der Waals surface area contributed by atoms with Crippen LogP contribution in [0.25, 0.3) is 0 Å². The molecule has 1 fully saturated rings. The fourth-order valence-electron chi connectivity index (χ4n) is 2.31. The monoisotopic (exact) mass is 261 g/mol. The van der Waals surface area contributed by atoms with Crippen LogP contribution >= 0.6 is 0 Å². The average Bonchev–Trinajstić information content (AvgIpc) is 2.58. The summed E-state index contributed by atoms with van der Waals surface area (Å²) in [4.78, 5) is 0. The molecule has 2 rings (SSSR count). The maximum Gasteiger partial charge on any atom is 0.573 e. The number of rotatable bonds is 2.